The summed E-state index contributed by atoms with van der Waals surface area (Å²) in [4.78, 5) is 4.66. The van der Waals surface area contributed by atoms with Gasteiger partial charge in [-0.15, -0.1) is 10.2 Å². The van der Waals surface area contributed by atoms with Crippen LogP contribution in [-0.4, -0.2) is 25.6 Å². The predicted octanol–water partition coefficient (Wildman–Crippen LogP) is 5.08. The van der Waals surface area contributed by atoms with Crippen LogP contribution in [0.15, 0.2) is 84.9 Å². The lowest BCUT2D eigenvalue weighted by Gasteiger charge is -2.07. The maximum Gasteiger partial charge on any atom is 0.211 e. The number of benzene rings is 3. The highest BCUT2D eigenvalue weighted by Crippen LogP contribution is 2.19. The number of nitrogens with one attached hydrogen (secondary N) is 1. The van der Waals surface area contributed by atoms with Gasteiger partial charge in [-0.05, 0) is 47.5 Å². The number of para-hydroxylation sites is 1. The molecule has 0 atom stereocenters. The standard InChI is InChI=1S/C26H21N5O2/c1-2-7-25-21(5-1)12-13-22(27-25)17-32-24-6-3-4-20(16-24)9-8-19-10-14-23(15-11-19)33-18-26-28-30-31-29-26/h1-16H,17-18H2,(H,28,29,30,31). The van der Waals surface area contributed by atoms with Gasteiger partial charge in [-0.2, -0.15) is 5.21 Å². The molecule has 0 radical (unpaired) electrons. The molecule has 0 amide bonds. The molecule has 0 saturated heterocycles. The molecule has 5 rings (SSSR count). The van der Waals surface area contributed by atoms with Gasteiger partial charge in [0.2, 0.25) is 5.82 Å². The van der Waals surface area contributed by atoms with Crippen LogP contribution < -0.4 is 9.47 Å². The summed E-state index contributed by atoms with van der Waals surface area (Å²) >= 11 is 0. The zero-order valence-corrected chi connectivity index (χ0v) is 17.8. The van der Waals surface area contributed by atoms with Gasteiger partial charge < -0.3 is 9.47 Å². The van der Waals surface area contributed by atoms with Crippen molar-refractivity contribution in [3.8, 4) is 11.5 Å². The van der Waals surface area contributed by atoms with Crippen molar-refractivity contribution in [3.63, 3.8) is 0 Å². The molecule has 5 aromatic rings. The van der Waals surface area contributed by atoms with Gasteiger partial charge in [0.25, 0.3) is 0 Å². The van der Waals surface area contributed by atoms with Crippen molar-refractivity contribution < 1.29 is 9.47 Å². The van der Waals surface area contributed by atoms with Crippen LogP contribution in [-0.2, 0) is 13.2 Å². The van der Waals surface area contributed by atoms with Crippen LogP contribution in [0.4, 0.5) is 0 Å². The fraction of sp³-hybridized carbons (Fsp3) is 0.0769. The van der Waals surface area contributed by atoms with E-state index in [1.54, 1.807) is 0 Å². The van der Waals surface area contributed by atoms with Crippen LogP contribution in [0, 0.1) is 0 Å². The molecule has 0 unspecified atom stereocenters. The number of hydrogen-bond donors (Lipinski definition) is 1. The van der Waals surface area contributed by atoms with Crippen LogP contribution in [0.25, 0.3) is 23.1 Å². The maximum atomic E-state index is 5.98. The Kier molecular flexibility index (Phi) is 6.02. The Morgan fingerprint density at radius 3 is 2.45 bits per heavy atom. The number of tetrazole rings is 1. The number of fused-ring (bicyclic) bond motifs is 1. The highest BCUT2D eigenvalue weighted by molar-refractivity contribution is 5.78. The van der Waals surface area contributed by atoms with Gasteiger partial charge in [-0.25, -0.2) is 4.98 Å². The summed E-state index contributed by atoms with van der Waals surface area (Å²) in [6.07, 6.45) is 4.10. The third-order valence-corrected chi connectivity index (χ3v) is 5.01. The number of H-pyrrole nitrogens is 1. The molecule has 162 valence electrons. The smallest absolute Gasteiger partial charge is 0.211 e. The van der Waals surface area contributed by atoms with Crippen molar-refractivity contribution in [2.45, 2.75) is 13.2 Å². The van der Waals surface area contributed by atoms with Gasteiger partial charge in [0, 0.05) is 5.39 Å². The number of pyridine rings is 1. The Hall–Kier alpha value is -4.52. The number of nitrogens with zero attached hydrogens (tertiary/aromatic N) is 4. The Morgan fingerprint density at radius 1 is 0.727 bits per heavy atom. The summed E-state index contributed by atoms with van der Waals surface area (Å²) in [7, 11) is 0. The number of hydrogen-bond acceptors (Lipinski definition) is 6. The lowest BCUT2D eigenvalue weighted by molar-refractivity contribution is 0.296. The van der Waals surface area contributed by atoms with E-state index in [-0.39, 0.29) is 6.61 Å². The number of ether oxygens (including phenoxy) is 2. The minimum absolute atomic E-state index is 0.271. The molecular formula is C26H21N5O2. The van der Waals surface area contributed by atoms with Crippen molar-refractivity contribution in [3.05, 3.63) is 108 Å². The zero-order valence-electron chi connectivity index (χ0n) is 17.8. The lowest BCUT2D eigenvalue weighted by Crippen LogP contribution is -1.98. The first kappa shape index (κ1) is 20.4. The van der Waals surface area contributed by atoms with Crippen LogP contribution >= 0.6 is 0 Å². The minimum atomic E-state index is 0.271. The summed E-state index contributed by atoms with van der Waals surface area (Å²) in [6.45, 7) is 0.691. The third kappa shape index (κ3) is 5.40. The van der Waals surface area contributed by atoms with E-state index in [9.17, 15) is 0 Å². The average molecular weight is 435 g/mol. The van der Waals surface area contributed by atoms with Crippen LogP contribution in [0.1, 0.15) is 22.6 Å². The fourth-order valence-corrected chi connectivity index (χ4v) is 3.31. The molecule has 0 saturated carbocycles. The summed E-state index contributed by atoms with van der Waals surface area (Å²) in [5, 5.41) is 14.8. The van der Waals surface area contributed by atoms with Crippen LogP contribution in [0.2, 0.25) is 0 Å². The van der Waals surface area contributed by atoms with E-state index in [4.69, 9.17) is 9.47 Å². The van der Waals surface area contributed by atoms with Gasteiger partial charge in [-0.1, -0.05) is 65.9 Å². The minimum Gasteiger partial charge on any atom is -0.487 e. The molecule has 7 heteroatoms. The molecule has 0 aliphatic carbocycles. The largest absolute Gasteiger partial charge is 0.487 e. The van der Waals surface area contributed by atoms with E-state index < -0.39 is 0 Å². The first-order chi connectivity index (χ1) is 16.3. The SMILES string of the molecule is C(=Cc1cccc(OCc2ccc3ccccc3n2)c1)c1ccc(OCc2nn[nH]n2)cc1. The quantitative estimate of drug-likeness (QED) is 0.342. The summed E-state index contributed by atoms with van der Waals surface area (Å²) in [5.41, 5.74) is 3.99. The predicted molar refractivity (Wildman–Crippen MR) is 126 cm³/mol. The normalized spacial score (nSPS) is 11.2. The second-order valence-corrected chi connectivity index (χ2v) is 7.38. The Morgan fingerprint density at radius 2 is 1.58 bits per heavy atom. The summed E-state index contributed by atoms with van der Waals surface area (Å²) < 4.78 is 11.6. The highest BCUT2D eigenvalue weighted by Gasteiger charge is 2.02. The van der Waals surface area contributed by atoms with Gasteiger partial charge in [0.05, 0.1) is 11.2 Å². The Labute approximate surface area is 190 Å². The zero-order chi connectivity index (χ0) is 22.3. The number of rotatable bonds is 8. The molecule has 0 aliphatic rings. The van der Waals surface area contributed by atoms with E-state index in [1.165, 1.54) is 0 Å². The molecule has 0 fully saturated rings. The Balaban J connectivity index is 1.18. The number of aromatic amines is 1. The van der Waals surface area contributed by atoms with Crippen LogP contribution in [0.3, 0.4) is 0 Å². The molecule has 2 heterocycles. The molecule has 33 heavy (non-hydrogen) atoms. The molecular weight excluding hydrogens is 414 g/mol. The van der Waals surface area contributed by atoms with E-state index in [0.717, 1.165) is 39.2 Å². The van der Waals surface area contributed by atoms with Crippen molar-refractivity contribution in [2.24, 2.45) is 0 Å². The summed E-state index contributed by atoms with van der Waals surface area (Å²) in [6, 6.07) is 27.9. The molecule has 7 nitrogen and oxygen atoms in total. The first-order valence-corrected chi connectivity index (χ1v) is 10.5. The number of aromatic nitrogens is 5. The van der Waals surface area contributed by atoms with Crippen LogP contribution in [0.5, 0.6) is 11.5 Å². The molecule has 0 bridgehead atoms. The monoisotopic (exact) mass is 435 g/mol. The van der Waals surface area contributed by atoms with Gasteiger partial charge in [-0.3, -0.25) is 0 Å². The molecule has 2 aromatic heterocycles. The van der Waals surface area contributed by atoms with Crippen molar-refractivity contribution >= 4 is 23.1 Å². The lowest BCUT2D eigenvalue weighted by atomic mass is 10.1. The topological polar surface area (TPSA) is 85.8 Å². The van der Waals surface area contributed by atoms with E-state index >= 15 is 0 Å². The van der Waals surface area contributed by atoms with Crippen molar-refractivity contribution in [1.29, 1.82) is 0 Å². The second kappa shape index (κ2) is 9.74. The van der Waals surface area contributed by atoms with E-state index in [1.807, 2.05) is 78.9 Å². The fourth-order valence-electron chi connectivity index (χ4n) is 3.31. The van der Waals surface area contributed by atoms with Gasteiger partial charge >= 0.3 is 0 Å². The molecule has 3 aromatic carbocycles. The van der Waals surface area contributed by atoms with E-state index in [2.05, 4.69) is 43.8 Å². The third-order valence-electron chi connectivity index (χ3n) is 5.01. The van der Waals surface area contributed by atoms with Gasteiger partial charge in [0.15, 0.2) is 6.61 Å². The van der Waals surface area contributed by atoms with Crippen molar-refractivity contribution in [2.75, 3.05) is 0 Å². The Bertz CT molecular complexity index is 1370. The van der Waals surface area contributed by atoms with Gasteiger partial charge in [0.1, 0.15) is 18.1 Å². The first-order valence-electron chi connectivity index (χ1n) is 10.5. The molecule has 0 aliphatic heterocycles. The average Bonchev–Trinajstić information content (AvgIpc) is 3.40. The molecule has 1 N–H and O–H groups in total. The summed E-state index contributed by atoms with van der Waals surface area (Å²) in [5.74, 6) is 2.06. The maximum absolute atomic E-state index is 5.98. The second-order valence-electron chi connectivity index (χ2n) is 7.38. The van der Waals surface area contributed by atoms with Crippen molar-refractivity contribution in [1.82, 2.24) is 25.6 Å². The molecule has 0 spiro atoms. The van der Waals surface area contributed by atoms with E-state index in [0.29, 0.717) is 12.4 Å². The highest BCUT2D eigenvalue weighted by atomic mass is 16.5.